The van der Waals surface area contributed by atoms with Crippen molar-refractivity contribution in [1.82, 2.24) is 9.88 Å². The van der Waals surface area contributed by atoms with E-state index in [1.165, 1.54) is 16.6 Å². The molecule has 0 unspecified atom stereocenters. The zero-order valence-corrected chi connectivity index (χ0v) is 14.4. The molecule has 0 aliphatic carbocycles. The highest BCUT2D eigenvalue weighted by molar-refractivity contribution is 8.26. The fourth-order valence-electron chi connectivity index (χ4n) is 2.10. The highest BCUT2D eigenvalue weighted by Crippen LogP contribution is 2.34. The van der Waals surface area contributed by atoms with E-state index in [-0.39, 0.29) is 5.91 Å². The van der Waals surface area contributed by atoms with Crippen LogP contribution in [-0.2, 0) is 17.8 Å². The van der Waals surface area contributed by atoms with Crippen molar-refractivity contribution in [3.63, 3.8) is 0 Å². The first-order valence-electron chi connectivity index (χ1n) is 6.90. The average Bonchev–Trinajstić information content (AvgIpc) is 3.09. The minimum absolute atomic E-state index is 0.0229. The molecule has 1 aliphatic rings. The van der Waals surface area contributed by atoms with Crippen LogP contribution in [0.3, 0.4) is 0 Å². The molecule has 1 aliphatic heterocycles. The van der Waals surface area contributed by atoms with Gasteiger partial charge in [0.05, 0.1) is 11.4 Å². The molecule has 2 aromatic heterocycles. The predicted octanol–water partition coefficient (Wildman–Crippen LogP) is 4.11. The number of thioether (sulfide) groups is 1. The first kappa shape index (κ1) is 15.4. The summed E-state index contributed by atoms with van der Waals surface area (Å²) in [5.41, 5.74) is 0.976. The van der Waals surface area contributed by atoms with Gasteiger partial charge in [0, 0.05) is 22.1 Å². The quantitative estimate of drug-likeness (QED) is 0.616. The molecule has 2 aromatic rings. The summed E-state index contributed by atoms with van der Waals surface area (Å²) in [7, 11) is 0. The van der Waals surface area contributed by atoms with Crippen molar-refractivity contribution in [1.29, 1.82) is 0 Å². The van der Waals surface area contributed by atoms with Crippen molar-refractivity contribution < 1.29 is 4.79 Å². The van der Waals surface area contributed by atoms with E-state index in [1.807, 2.05) is 18.2 Å². The SMILES string of the molecule is CCc1ccc(C=C2SC(=S)N(Cc3cccnc3)C2=O)s1. The number of carbonyl (C=O) groups is 1. The van der Waals surface area contributed by atoms with E-state index in [2.05, 4.69) is 24.0 Å². The van der Waals surface area contributed by atoms with Gasteiger partial charge in [0.25, 0.3) is 5.91 Å². The topological polar surface area (TPSA) is 33.2 Å². The lowest BCUT2D eigenvalue weighted by Gasteiger charge is -2.13. The summed E-state index contributed by atoms with van der Waals surface area (Å²) in [5.74, 6) is -0.0229. The summed E-state index contributed by atoms with van der Waals surface area (Å²) in [6.45, 7) is 2.60. The second kappa shape index (κ2) is 6.73. The largest absolute Gasteiger partial charge is 0.288 e. The molecule has 1 amide bonds. The number of thiophene rings is 1. The molecule has 6 heteroatoms. The van der Waals surface area contributed by atoms with Gasteiger partial charge in [0.1, 0.15) is 4.32 Å². The summed E-state index contributed by atoms with van der Waals surface area (Å²) >= 11 is 8.43. The van der Waals surface area contributed by atoms with Gasteiger partial charge in [-0.3, -0.25) is 14.7 Å². The Balaban J connectivity index is 1.79. The lowest BCUT2D eigenvalue weighted by molar-refractivity contribution is -0.122. The maximum absolute atomic E-state index is 12.5. The zero-order valence-electron chi connectivity index (χ0n) is 12.0. The normalized spacial score (nSPS) is 16.8. The Bertz CT molecular complexity index is 737. The Kier molecular flexibility index (Phi) is 4.71. The smallest absolute Gasteiger partial charge is 0.266 e. The molecule has 1 saturated heterocycles. The molecule has 3 nitrogen and oxygen atoms in total. The van der Waals surface area contributed by atoms with E-state index >= 15 is 0 Å². The molecule has 3 heterocycles. The fraction of sp³-hybridized carbons (Fsp3) is 0.188. The molecule has 0 atom stereocenters. The third-order valence-corrected chi connectivity index (χ3v) is 5.80. The van der Waals surface area contributed by atoms with Gasteiger partial charge in [0.15, 0.2) is 0 Å². The standard InChI is InChI=1S/C16H14N2OS3/c1-2-12-5-6-13(21-12)8-14-15(19)18(16(20)22-14)10-11-4-3-7-17-9-11/h3-9H,2,10H2,1H3. The number of aryl methyl sites for hydroxylation is 1. The van der Waals surface area contributed by atoms with Gasteiger partial charge >= 0.3 is 0 Å². The highest BCUT2D eigenvalue weighted by Gasteiger charge is 2.32. The molecule has 0 bridgehead atoms. The first-order chi connectivity index (χ1) is 10.7. The van der Waals surface area contributed by atoms with Crippen molar-refractivity contribution in [2.24, 2.45) is 0 Å². The summed E-state index contributed by atoms with van der Waals surface area (Å²) in [6.07, 6.45) is 6.43. The Morgan fingerprint density at radius 2 is 2.23 bits per heavy atom. The molecule has 0 N–H and O–H groups in total. The number of aromatic nitrogens is 1. The molecule has 0 aromatic carbocycles. The van der Waals surface area contributed by atoms with Crippen LogP contribution < -0.4 is 0 Å². The van der Waals surface area contributed by atoms with Crippen LogP contribution in [0.25, 0.3) is 6.08 Å². The Morgan fingerprint density at radius 1 is 1.36 bits per heavy atom. The van der Waals surface area contributed by atoms with Crippen LogP contribution in [0.15, 0.2) is 41.6 Å². The molecular formula is C16H14N2OS3. The van der Waals surface area contributed by atoms with Crippen molar-refractivity contribution in [2.45, 2.75) is 19.9 Å². The molecular weight excluding hydrogens is 332 g/mol. The van der Waals surface area contributed by atoms with Crippen LogP contribution in [-0.4, -0.2) is 20.1 Å². The number of nitrogens with zero attached hydrogens (tertiary/aromatic N) is 2. The van der Waals surface area contributed by atoms with Crippen molar-refractivity contribution in [3.05, 3.63) is 56.9 Å². The van der Waals surface area contributed by atoms with Crippen LogP contribution in [0.5, 0.6) is 0 Å². The summed E-state index contributed by atoms with van der Waals surface area (Å²) in [6, 6.07) is 7.97. The van der Waals surface area contributed by atoms with Gasteiger partial charge in [-0.2, -0.15) is 0 Å². The number of hydrogen-bond donors (Lipinski definition) is 0. The molecule has 0 spiro atoms. The number of rotatable bonds is 4. The minimum Gasteiger partial charge on any atom is -0.288 e. The maximum atomic E-state index is 12.5. The van der Waals surface area contributed by atoms with Crippen LogP contribution in [0, 0.1) is 0 Å². The fourth-order valence-corrected chi connectivity index (χ4v) is 4.32. The number of hydrogen-bond acceptors (Lipinski definition) is 5. The molecule has 112 valence electrons. The first-order valence-corrected chi connectivity index (χ1v) is 8.94. The van der Waals surface area contributed by atoms with Crippen molar-refractivity contribution in [3.8, 4) is 0 Å². The average molecular weight is 347 g/mol. The van der Waals surface area contributed by atoms with Crippen LogP contribution in [0.1, 0.15) is 22.2 Å². The lowest BCUT2D eigenvalue weighted by atomic mass is 10.2. The lowest BCUT2D eigenvalue weighted by Crippen LogP contribution is -2.27. The third-order valence-electron chi connectivity index (χ3n) is 3.24. The summed E-state index contributed by atoms with van der Waals surface area (Å²) in [5, 5.41) is 0. The number of thiocarbonyl (C=S) groups is 1. The Labute approximate surface area is 143 Å². The minimum atomic E-state index is -0.0229. The van der Waals surface area contributed by atoms with Gasteiger partial charge in [0.2, 0.25) is 0 Å². The third kappa shape index (κ3) is 3.29. The molecule has 0 radical (unpaired) electrons. The van der Waals surface area contributed by atoms with Crippen LogP contribution >= 0.6 is 35.3 Å². The van der Waals surface area contributed by atoms with Crippen molar-refractivity contribution >= 4 is 51.6 Å². The molecule has 3 rings (SSSR count). The van der Waals surface area contributed by atoms with E-state index in [1.54, 1.807) is 28.6 Å². The second-order valence-corrected chi connectivity index (χ2v) is 7.66. The Morgan fingerprint density at radius 3 is 2.91 bits per heavy atom. The predicted molar refractivity (Wildman–Crippen MR) is 96.7 cm³/mol. The highest BCUT2D eigenvalue weighted by atomic mass is 32.2. The molecule has 0 saturated carbocycles. The van der Waals surface area contributed by atoms with Crippen LogP contribution in [0.4, 0.5) is 0 Å². The van der Waals surface area contributed by atoms with E-state index in [0.717, 1.165) is 16.9 Å². The van der Waals surface area contributed by atoms with Crippen molar-refractivity contribution in [2.75, 3.05) is 0 Å². The van der Waals surface area contributed by atoms with Gasteiger partial charge in [-0.05, 0) is 36.3 Å². The van der Waals surface area contributed by atoms with E-state index in [9.17, 15) is 4.79 Å². The van der Waals surface area contributed by atoms with Gasteiger partial charge in [-0.15, -0.1) is 11.3 Å². The summed E-state index contributed by atoms with van der Waals surface area (Å²) in [4.78, 5) is 21.4. The number of carbonyl (C=O) groups excluding carboxylic acids is 1. The second-order valence-electron chi connectivity index (χ2n) is 4.79. The summed E-state index contributed by atoms with van der Waals surface area (Å²) < 4.78 is 0.604. The zero-order chi connectivity index (χ0) is 15.5. The van der Waals surface area contributed by atoms with Gasteiger partial charge in [-0.1, -0.05) is 37.0 Å². The van der Waals surface area contributed by atoms with E-state index in [0.29, 0.717) is 15.8 Å². The molecule has 1 fully saturated rings. The van der Waals surface area contributed by atoms with E-state index < -0.39 is 0 Å². The van der Waals surface area contributed by atoms with Gasteiger partial charge < -0.3 is 0 Å². The number of pyridine rings is 1. The monoisotopic (exact) mass is 346 g/mol. The number of amides is 1. The maximum Gasteiger partial charge on any atom is 0.266 e. The van der Waals surface area contributed by atoms with Crippen LogP contribution in [0.2, 0.25) is 0 Å². The Hall–Kier alpha value is -1.50. The molecule has 22 heavy (non-hydrogen) atoms. The van der Waals surface area contributed by atoms with Gasteiger partial charge in [-0.25, -0.2) is 0 Å². The van der Waals surface area contributed by atoms with E-state index in [4.69, 9.17) is 12.2 Å².